The lowest BCUT2D eigenvalue weighted by molar-refractivity contribution is 0.660. The second-order valence-electron chi connectivity index (χ2n) is 16.8. The third-order valence-corrected chi connectivity index (χ3v) is 13.5. The van der Waals surface area contributed by atoms with E-state index in [4.69, 9.17) is 0 Å². The predicted molar refractivity (Wildman–Crippen MR) is 246 cm³/mol. The van der Waals surface area contributed by atoms with Crippen LogP contribution in [0.25, 0.3) is 55.6 Å². The lowest BCUT2D eigenvalue weighted by Crippen LogP contribution is -2.26. The fourth-order valence-corrected chi connectivity index (χ4v) is 10.9. The lowest BCUT2D eigenvalue weighted by Gasteiger charge is -2.33. The standard InChI is InChI=1S/C58H41N/c1-57(2)50-25-13-9-24-46(50)49-36-41(31-34-51(49)57)59(56-28-16-12-21-43(56)39-19-7-4-8-20-39)42-30-33-48-45-23-11-15-27-53(45)58(55(48)37-42)52-26-14-10-22-44(52)47-32-29-40(35-54(47)58)38-17-5-3-6-18-38/h3-37H,1-2H3. The van der Waals surface area contributed by atoms with Crippen LogP contribution in [0, 0.1) is 0 Å². The van der Waals surface area contributed by atoms with Crippen molar-refractivity contribution < 1.29 is 0 Å². The molecule has 1 nitrogen and oxygen atoms in total. The van der Waals surface area contributed by atoms with E-state index >= 15 is 0 Å². The summed E-state index contributed by atoms with van der Waals surface area (Å²) in [7, 11) is 0. The van der Waals surface area contributed by atoms with Gasteiger partial charge in [-0.15, -0.1) is 0 Å². The summed E-state index contributed by atoms with van der Waals surface area (Å²) in [5.41, 5.74) is 23.6. The maximum absolute atomic E-state index is 2.52. The summed E-state index contributed by atoms with van der Waals surface area (Å²) in [6.07, 6.45) is 0. The molecule has 1 atom stereocenters. The van der Waals surface area contributed by atoms with Crippen LogP contribution in [-0.4, -0.2) is 0 Å². The van der Waals surface area contributed by atoms with Crippen molar-refractivity contribution in [1.82, 2.24) is 0 Å². The van der Waals surface area contributed by atoms with Gasteiger partial charge in [-0.25, -0.2) is 0 Å². The van der Waals surface area contributed by atoms with Crippen molar-refractivity contribution in [3.05, 3.63) is 246 Å². The van der Waals surface area contributed by atoms with Crippen LogP contribution in [-0.2, 0) is 10.8 Å². The van der Waals surface area contributed by atoms with E-state index in [0.717, 1.165) is 17.1 Å². The van der Waals surface area contributed by atoms with E-state index in [2.05, 4.69) is 231 Å². The van der Waals surface area contributed by atoms with Crippen LogP contribution in [0.4, 0.5) is 17.1 Å². The molecule has 0 fully saturated rings. The molecule has 9 aromatic rings. The van der Waals surface area contributed by atoms with E-state index in [0.29, 0.717) is 0 Å². The van der Waals surface area contributed by atoms with Gasteiger partial charge in [0.2, 0.25) is 0 Å². The molecular weight excluding hydrogens is 711 g/mol. The molecule has 1 spiro atoms. The molecular formula is C58H41N. The average molecular weight is 752 g/mol. The topological polar surface area (TPSA) is 3.24 Å². The number of para-hydroxylation sites is 1. The Bertz CT molecular complexity index is 3120. The Balaban J connectivity index is 1.14. The first-order valence-electron chi connectivity index (χ1n) is 20.8. The first-order valence-corrected chi connectivity index (χ1v) is 20.8. The van der Waals surface area contributed by atoms with Crippen LogP contribution >= 0.6 is 0 Å². The smallest absolute Gasteiger partial charge is 0.0726 e. The molecule has 0 radical (unpaired) electrons. The van der Waals surface area contributed by atoms with Gasteiger partial charge in [0, 0.05) is 22.4 Å². The highest BCUT2D eigenvalue weighted by atomic mass is 15.1. The number of benzene rings is 9. The van der Waals surface area contributed by atoms with Crippen molar-refractivity contribution in [2.45, 2.75) is 24.7 Å². The van der Waals surface area contributed by atoms with E-state index in [9.17, 15) is 0 Å². The SMILES string of the molecule is CC1(C)c2ccccc2-c2cc(N(c3ccc4c(c3)C3(c5ccccc5-c5ccc(-c6ccccc6)cc53)c3ccccc3-4)c3ccccc3-c3ccccc3)ccc21. The van der Waals surface area contributed by atoms with E-state index in [1.54, 1.807) is 0 Å². The molecule has 0 amide bonds. The first kappa shape index (κ1) is 33.9. The van der Waals surface area contributed by atoms with Crippen molar-refractivity contribution in [1.29, 1.82) is 0 Å². The Morgan fingerprint density at radius 3 is 1.42 bits per heavy atom. The third-order valence-electron chi connectivity index (χ3n) is 13.5. The minimum atomic E-state index is -0.496. The normalized spacial score (nSPS) is 15.8. The molecule has 0 heterocycles. The molecule has 0 saturated heterocycles. The molecule has 59 heavy (non-hydrogen) atoms. The first-order chi connectivity index (χ1) is 29.0. The fraction of sp³-hybridized carbons (Fsp3) is 0.0690. The van der Waals surface area contributed by atoms with E-state index in [1.165, 1.54) is 89.0 Å². The Morgan fingerprint density at radius 1 is 0.288 bits per heavy atom. The molecule has 1 unspecified atom stereocenters. The number of rotatable bonds is 5. The highest BCUT2D eigenvalue weighted by Crippen LogP contribution is 2.64. The lowest BCUT2D eigenvalue weighted by atomic mass is 9.70. The van der Waals surface area contributed by atoms with Gasteiger partial charge in [0.1, 0.15) is 0 Å². The summed E-state index contributed by atoms with van der Waals surface area (Å²) in [6, 6.07) is 79.3. The maximum Gasteiger partial charge on any atom is 0.0726 e. The summed E-state index contributed by atoms with van der Waals surface area (Å²) < 4.78 is 0. The van der Waals surface area contributed by atoms with Gasteiger partial charge in [-0.3, -0.25) is 0 Å². The number of hydrogen-bond donors (Lipinski definition) is 0. The Kier molecular flexibility index (Phi) is 7.26. The molecule has 0 bridgehead atoms. The van der Waals surface area contributed by atoms with Crippen molar-refractivity contribution in [2.24, 2.45) is 0 Å². The highest BCUT2D eigenvalue weighted by Gasteiger charge is 2.52. The van der Waals surface area contributed by atoms with Gasteiger partial charge in [-0.1, -0.05) is 190 Å². The van der Waals surface area contributed by atoms with Crippen molar-refractivity contribution >= 4 is 17.1 Å². The summed E-state index contributed by atoms with van der Waals surface area (Å²) in [5, 5.41) is 0. The van der Waals surface area contributed by atoms with Crippen LogP contribution in [0.5, 0.6) is 0 Å². The van der Waals surface area contributed by atoms with Gasteiger partial charge in [-0.2, -0.15) is 0 Å². The van der Waals surface area contributed by atoms with Crippen molar-refractivity contribution in [3.63, 3.8) is 0 Å². The summed E-state index contributed by atoms with van der Waals surface area (Å²) in [5.74, 6) is 0. The maximum atomic E-state index is 2.52. The van der Waals surface area contributed by atoms with Gasteiger partial charge in [0.05, 0.1) is 11.1 Å². The molecule has 0 saturated carbocycles. The van der Waals surface area contributed by atoms with Gasteiger partial charge >= 0.3 is 0 Å². The van der Waals surface area contributed by atoms with Gasteiger partial charge in [0.25, 0.3) is 0 Å². The molecule has 3 aliphatic rings. The molecule has 278 valence electrons. The summed E-state index contributed by atoms with van der Waals surface area (Å²) in [4.78, 5) is 2.51. The molecule has 0 aliphatic heterocycles. The Hall–Kier alpha value is -7.22. The molecule has 1 heteroatoms. The molecule has 3 aliphatic carbocycles. The second-order valence-corrected chi connectivity index (χ2v) is 16.8. The third kappa shape index (κ3) is 4.73. The van der Waals surface area contributed by atoms with Gasteiger partial charge in [-0.05, 0) is 120 Å². The molecule has 0 aromatic heterocycles. The zero-order valence-electron chi connectivity index (χ0n) is 33.2. The van der Waals surface area contributed by atoms with Gasteiger partial charge in [0.15, 0.2) is 0 Å². The molecule has 0 N–H and O–H groups in total. The van der Waals surface area contributed by atoms with Crippen LogP contribution < -0.4 is 4.90 Å². The Labute approximate surface area is 346 Å². The minimum absolute atomic E-state index is 0.0786. The zero-order valence-corrected chi connectivity index (χ0v) is 33.2. The number of anilines is 3. The number of nitrogens with zero attached hydrogens (tertiary/aromatic N) is 1. The highest BCUT2D eigenvalue weighted by molar-refractivity contribution is 5.98. The summed E-state index contributed by atoms with van der Waals surface area (Å²) >= 11 is 0. The monoisotopic (exact) mass is 751 g/mol. The van der Waals surface area contributed by atoms with Gasteiger partial charge < -0.3 is 4.90 Å². The number of hydrogen-bond acceptors (Lipinski definition) is 1. The fourth-order valence-electron chi connectivity index (χ4n) is 10.9. The van der Waals surface area contributed by atoms with Crippen LogP contribution in [0.2, 0.25) is 0 Å². The van der Waals surface area contributed by atoms with Crippen LogP contribution in [0.3, 0.4) is 0 Å². The van der Waals surface area contributed by atoms with Crippen molar-refractivity contribution in [3.8, 4) is 55.6 Å². The summed E-state index contributed by atoms with van der Waals surface area (Å²) in [6.45, 7) is 4.72. The quantitative estimate of drug-likeness (QED) is 0.169. The second kappa shape index (κ2) is 12.6. The van der Waals surface area contributed by atoms with E-state index < -0.39 is 5.41 Å². The largest absolute Gasteiger partial charge is 0.310 e. The van der Waals surface area contributed by atoms with E-state index in [1.807, 2.05) is 0 Å². The molecule has 12 rings (SSSR count). The van der Waals surface area contributed by atoms with Crippen LogP contribution in [0.15, 0.2) is 212 Å². The Morgan fingerprint density at radius 2 is 0.746 bits per heavy atom. The number of fused-ring (bicyclic) bond motifs is 13. The predicted octanol–water partition coefficient (Wildman–Crippen LogP) is 15.1. The zero-order chi connectivity index (χ0) is 39.3. The van der Waals surface area contributed by atoms with E-state index in [-0.39, 0.29) is 5.41 Å². The average Bonchev–Trinajstić information content (AvgIpc) is 3.85. The van der Waals surface area contributed by atoms with Crippen molar-refractivity contribution in [2.75, 3.05) is 4.90 Å². The minimum Gasteiger partial charge on any atom is -0.310 e. The van der Waals surface area contributed by atoms with Crippen LogP contribution in [0.1, 0.15) is 47.2 Å². The molecule has 9 aromatic carbocycles.